The molecule has 2 aromatic carbocycles. The Labute approximate surface area is 133 Å². The Hall–Kier alpha value is -0.931. The van der Waals surface area contributed by atoms with Gasteiger partial charge in [-0.15, -0.1) is 0 Å². The van der Waals surface area contributed by atoms with Crippen LogP contribution >= 0.6 is 21.8 Å². The SMILES string of the molecule is CCS[Se]c1ccc(Cl)cc1C(=O)Nc1ccccc1. The molecule has 0 unspecified atom stereocenters. The van der Waals surface area contributed by atoms with Gasteiger partial charge in [0.25, 0.3) is 0 Å². The van der Waals surface area contributed by atoms with Gasteiger partial charge in [-0.05, 0) is 0 Å². The van der Waals surface area contributed by atoms with Crippen molar-refractivity contribution < 1.29 is 4.79 Å². The van der Waals surface area contributed by atoms with Gasteiger partial charge in [-0.1, -0.05) is 0 Å². The Bertz CT molecular complexity index is 592. The summed E-state index contributed by atoms with van der Waals surface area (Å²) in [6, 6.07) is 15.0. The third-order valence-corrected chi connectivity index (χ3v) is 7.36. The molecule has 20 heavy (non-hydrogen) atoms. The van der Waals surface area contributed by atoms with Gasteiger partial charge < -0.3 is 0 Å². The van der Waals surface area contributed by atoms with Gasteiger partial charge in [0.15, 0.2) is 0 Å². The summed E-state index contributed by atoms with van der Waals surface area (Å²) < 4.78 is 1.07. The summed E-state index contributed by atoms with van der Waals surface area (Å²) in [6.45, 7) is 2.12. The molecule has 0 bridgehead atoms. The number of para-hydroxylation sites is 1. The van der Waals surface area contributed by atoms with E-state index in [4.69, 9.17) is 11.6 Å². The van der Waals surface area contributed by atoms with Crippen molar-refractivity contribution in [2.24, 2.45) is 0 Å². The van der Waals surface area contributed by atoms with Crippen LogP contribution in [-0.2, 0) is 0 Å². The van der Waals surface area contributed by atoms with Gasteiger partial charge in [0.1, 0.15) is 0 Å². The molecule has 1 N–H and O–H groups in total. The van der Waals surface area contributed by atoms with Crippen molar-refractivity contribution in [3.05, 3.63) is 59.1 Å². The van der Waals surface area contributed by atoms with E-state index in [0.717, 1.165) is 15.9 Å². The van der Waals surface area contributed by atoms with E-state index in [-0.39, 0.29) is 19.7 Å². The van der Waals surface area contributed by atoms with Crippen molar-refractivity contribution >= 4 is 51.7 Å². The molecule has 2 rings (SSSR count). The summed E-state index contributed by atoms with van der Waals surface area (Å²) in [6.07, 6.45) is 0. The van der Waals surface area contributed by atoms with Gasteiger partial charge >= 0.3 is 134 Å². The first-order valence-corrected chi connectivity index (χ1v) is 10.4. The molecule has 0 fully saturated rings. The Morgan fingerprint density at radius 3 is 2.70 bits per heavy atom. The second-order valence-electron chi connectivity index (χ2n) is 3.95. The van der Waals surface area contributed by atoms with Crippen LogP contribution in [-0.4, -0.2) is 25.5 Å². The Morgan fingerprint density at radius 1 is 1.25 bits per heavy atom. The third kappa shape index (κ3) is 4.29. The Balaban J connectivity index is 2.21. The quantitative estimate of drug-likeness (QED) is 0.815. The van der Waals surface area contributed by atoms with Gasteiger partial charge in [-0.3, -0.25) is 0 Å². The molecule has 2 aromatic rings. The number of hydrogen-bond acceptors (Lipinski definition) is 2. The standard InChI is InChI=1S/C15H14ClNOSSe/c1-2-19-20-14-9-8-11(16)10-13(14)15(18)17-12-6-4-3-5-7-12/h3-10H,2H2,1H3,(H,17,18). The molecule has 5 heteroatoms. The molecule has 0 heterocycles. The van der Waals surface area contributed by atoms with E-state index in [9.17, 15) is 4.79 Å². The van der Waals surface area contributed by atoms with E-state index in [1.165, 1.54) is 0 Å². The monoisotopic (exact) mass is 371 g/mol. The number of rotatable bonds is 5. The molecular formula is C15H14ClNOSSe. The number of carbonyl (C=O) groups excluding carboxylic acids is 1. The van der Waals surface area contributed by atoms with Crippen LogP contribution in [0.15, 0.2) is 48.5 Å². The Kier molecular flexibility index (Phi) is 5.99. The van der Waals surface area contributed by atoms with Crippen molar-refractivity contribution in [1.29, 1.82) is 0 Å². The molecule has 0 aliphatic heterocycles. The summed E-state index contributed by atoms with van der Waals surface area (Å²) in [7, 11) is 1.84. The maximum atomic E-state index is 12.4. The van der Waals surface area contributed by atoms with Crippen LogP contribution in [0.5, 0.6) is 0 Å². The predicted octanol–water partition coefficient (Wildman–Crippen LogP) is 3.59. The summed E-state index contributed by atoms with van der Waals surface area (Å²) in [5.41, 5.74) is 1.46. The van der Waals surface area contributed by atoms with Crippen LogP contribution in [0, 0.1) is 0 Å². The fraction of sp³-hybridized carbons (Fsp3) is 0.133. The van der Waals surface area contributed by atoms with Gasteiger partial charge in [0.05, 0.1) is 0 Å². The second-order valence-corrected chi connectivity index (χ2v) is 8.82. The van der Waals surface area contributed by atoms with Crippen molar-refractivity contribution in [1.82, 2.24) is 0 Å². The van der Waals surface area contributed by atoms with Crippen LogP contribution in [0.2, 0.25) is 5.02 Å². The van der Waals surface area contributed by atoms with Crippen molar-refractivity contribution in [3.8, 4) is 0 Å². The maximum absolute atomic E-state index is 12.4. The van der Waals surface area contributed by atoms with Gasteiger partial charge in [0, 0.05) is 0 Å². The molecule has 0 aliphatic carbocycles. The fourth-order valence-corrected chi connectivity index (χ4v) is 5.07. The first kappa shape index (κ1) is 15.5. The van der Waals surface area contributed by atoms with E-state index < -0.39 is 0 Å². The van der Waals surface area contributed by atoms with Crippen LogP contribution in [0.3, 0.4) is 0 Å². The second kappa shape index (κ2) is 7.75. The first-order chi connectivity index (χ1) is 9.70. The molecule has 0 radical (unpaired) electrons. The van der Waals surface area contributed by atoms with Crippen molar-refractivity contribution in [3.63, 3.8) is 0 Å². The molecule has 0 saturated heterocycles. The van der Waals surface area contributed by atoms with Crippen molar-refractivity contribution in [2.75, 3.05) is 11.1 Å². The minimum absolute atomic E-state index is 0.104. The zero-order valence-electron chi connectivity index (χ0n) is 10.9. The third-order valence-electron chi connectivity index (χ3n) is 2.48. The average molecular weight is 371 g/mol. The minimum atomic E-state index is -0.104. The molecule has 104 valence electrons. The number of anilines is 1. The van der Waals surface area contributed by atoms with Crippen LogP contribution in [0.1, 0.15) is 17.3 Å². The average Bonchev–Trinajstić information content (AvgIpc) is 2.47. The summed E-state index contributed by atoms with van der Waals surface area (Å²) in [5.74, 6) is 0.940. The number of carbonyl (C=O) groups is 1. The molecule has 0 spiro atoms. The van der Waals surface area contributed by atoms with Crippen LogP contribution in [0.4, 0.5) is 5.69 Å². The van der Waals surface area contributed by atoms with E-state index in [0.29, 0.717) is 10.6 Å². The fourth-order valence-electron chi connectivity index (χ4n) is 1.59. The zero-order chi connectivity index (χ0) is 14.4. The molecule has 0 aliphatic rings. The zero-order valence-corrected chi connectivity index (χ0v) is 14.2. The Morgan fingerprint density at radius 2 is 2.00 bits per heavy atom. The van der Waals surface area contributed by atoms with Gasteiger partial charge in [-0.25, -0.2) is 0 Å². The number of amides is 1. The number of benzene rings is 2. The van der Waals surface area contributed by atoms with Crippen LogP contribution < -0.4 is 9.78 Å². The summed E-state index contributed by atoms with van der Waals surface area (Å²) >= 11 is 6.24. The molecule has 0 saturated carbocycles. The molecular weight excluding hydrogens is 357 g/mol. The molecule has 2 nitrogen and oxygen atoms in total. The summed E-state index contributed by atoms with van der Waals surface area (Å²) in [5, 5.41) is 3.49. The normalized spacial score (nSPS) is 10.3. The van der Waals surface area contributed by atoms with Crippen molar-refractivity contribution in [2.45, 2.75) is 6.92 Å². The summed E-state index contributed by atoms with van der Waals surface area (Å²) in [4.78, 5) is 12.4. The molecule has 0 atom stereocenters. The van der Waals surface area contributed by atoms with Crippen LogP contribution in [0.25, 0.3) is 0 Å². The number of halogens is 1. The molecule has 0 aromatic heterocycles. The van der Waals surface area contributed by atoms with E-state index in [1.807, 2.05) is 52.6 Å². The predicted molar refractivity (Wildman–Crippen MR) is 89.4 cm³/mol. The van der Waals surface area contributed by atoms with E-state index in [2.05, 4.69) is 12.2 Å². The topological polar surface area (TPSA) is 29.1 Å². The van der Waals surface area contributed by atoms with E-state index in [1.54, 1.807) is 6.07 Å². The van der Waals surface area contributed by atoms with Gasteiger partial charge in [-0.2, -0.15) is 0 Å². The first-order valence-electron chi connectivity index (χ1n) is 6.16. The van der Waals surface area contributed by atoms with Gasteiger partial charge in [0.2, 0.25) is 0 Å². The number of nitrogens with one attached hydrogen (secondary N) is 1. The number of hydrogen-bond donors (Lipinski definition) is 1. The van der Waals surface area contributed by atoms with E-state index >= 15 is 0 Å². The molecule has 1 amide bonds.